The minimum absolute atomic E-state index is 0.0857. The molecule has 6 unspecified atom stereocenters. The van der Waals surface area contributed by atoms with Crippen LogP contribution in [0.2, 0.25) is 0 Å². The number of phosphoric acid groups is 1. The largest absolute Gasteiger partial charge is 0.472 e. The van der Waals surface area contributed by atoms with Crippen LogP contribution in [0.15, 0.2) is 0 Å². The first-order chi connectivity index (χ1) is 14.9. The fraction of sp³-hybridized carbons (Fsp3) is 0.889. The van der Waals surface area contributed by atoms with E-state index in [-0.39, 0.29) is 6.42 Å². The van der Waals surface area contributed by atoms with Crippen molar-refractivity contribution in [2.75, 3.05) is 13.2 Å². The van der Waals surface area contributed by atoms with Crippen LogP contribution in [0, 0.1) is 0 Å². The molecule has 0 aromatic heterocycles. The molecule has 0 amide bonds. The van der Waals surface area contributed by atoms with Crippen LogP contribution in [0.1, 0.15) is 46.0 Å². The number of rotatable bonds is 13. The Balaban J connectivity index is 2.70. The third-order valence-electron chi connectivity index (χ3n) is 4.76. The van der Waals surface area contributed by atoms with E-state index >= 15 is 0 Å². The zero-order valence-corrected chi connectivity index (χ0v) is 18.9. The summed E-state index contributed by atoms with van der Waals surface area (Å²) in [6.07, 6.45) is -9.74. The molecule has 0 aromatic rings. The molecule has 14 heteroatoms. The fourth-order valence-electron chi connectivity index (χ4n) is 2.95. The molecule has 1 aliphatic rings. The van der Waals surface area contributed by atoms with Gasteiger partial charge in [0.15, 0.2) is 6.10 Å². The number of unbranched alkanes of at least 4 members (excludes halogenated alkanes) is 3. The number of ether oxygens (including phenoxy) is 2. The quantitative estimate of drug-likeness (QED) is 0.102. The highest BCUT2D eigenvalue weighted by Gasteiger charge is 2.51. The Bertz CT molecular complexity index is 628. The van der Waals surface area contributed by atoms with Crippen molar-refractivity contribution in [2.45, 2.75) is 88.7 Å². The van der Waals surface area contributed by atoms with E-state index in [0.717, 1.165) is 26.2 Å². The van der Waals surface area contributed by atoms with Crippen molar-refractivity contribution in [3.8, 4) is 0 Å². The molecule has 0 spiro atoms. The standard InChI is InChI=1S/C18H33O13P/c1-3-4-5-6-7-12(20)30-11(8-28-10(2)19)9-29-32(26,27)31-18-16(24)14(22)13(21)15(23)17(18)25/h11,13-18,21-25H,3-9H2,1-2H3,(H,26,27). The lowest BCUT2D eigenvalue weighted by Crippen LogP contribution is -2.64. The summed E-state index contributed by atoms with van der Waals surface area (Å²) in [4.78, 5) is 32.9. The molecule has 0 radical (unpaired) electrons. The van der Waals surface area contributed by atoms with E-state index in [1.54, 1.807) is 0 Å². The molecule has 0 heterocycles. The van der Waals surface area contributed by atoms with Crippen molar-refractivity contribution >= 4 is 19.8 Å². The first kappa shape index (κ1) is 28.9. The molecule has 0 bridgehead atoms. The second kappa shape index (κ2) is 13.5. The van der Waals surface area contributed by atoms with E-state index in [2.05, 4.69) is 4.52 Å². The first-order valence-electron chi connectivity index (χ1n) is 10.3. The number of aliphatic hydroxyl groups is 5. The van der Waals surface area contributed by atoms with Crippen LogP contribution in [0.4, 0.5) is 0 Å². The van der Waals surface area contributed by atoms with E-state index in [0.29, 0.717) is 6.42 Å². The summed E-state index contributed by atoms with van der Waals surface area (Å²) in [6.45, 7) is 1.92. The molecule has 6 atom stereocenters. The smallest absolute Gasteiger partial charge is 0.462 e. The minimum Gasteiger partial charge on any atom is -0.462 e. The number of phosphoric ester groups is 1. The van der Waals surface area contributed by atoms with Gasteiger partial charge in [0.05, 0.1) is 6.61 Å². The number of esters is 2. The van der Waals surface area contributed by atoms with E-state index in [1.807, 2.05) is 6.92 Å². The SMILES string of the molecule is CCCCCCC(=O)OC(COC(C)=O)COP(=O)(O)OC1C(O)C(O)C(O)C(O)C1O. The van der Waals surface area contributed by atoms with Crippen molar-refractivity contribution in [3.05, 3.63) is 0 Å². The summed E-state index contributed by atoms with van der Waals surface area (Å²) in [5, 5.41) is 48.7. The van der Waals surface area contributed by atoms with E-state index in [1.165, 1.54) is 0 Å². The summed E-state index contributed by atoms with van der Waals surface area (Å²) >= 11 is 0. The molecular formula is C18H33O13P. The molecule has 1 fully saturated rings. The Morgan fingerprint density at radius 3 is 2.00 bits per heavy atom. The summed E-state index contributed by atoms with van der Waals surface area (Å²) in [6, 6.07) is 0. The van der Waals surface area contributed by atoms with Crippen molar-refractivity contribution in [1.29, 1.82) is 0 Å². The van der Waals surface area contributed by atoms with Crippen LogP contribution in [-0.4, -0.2) is 98.3 Å². The van der Waals surface area contributed by atoms with Crippen molar-refractivity contribution in [3.63, 3.8) is 0 Å². The first-order valence-corrected chi connectivity index (χ1v) is 11.8. The number of aliphatic hydroxyl groups excluding tert-OH is 5. The lowest BCUT2D eigenvalue weighted by Gasteiger charge is -2.41. The minimum atomic E-state index is -5.04. The van der Waals surface area contributed by atoms with Gasteiger partial charge in [-0.15, -0.1) is 0 Å². The Hall–Kier alpha value is -1.15. The van der Waals surface area contributed by atoms with Gasteiger partial charge in [-0.3, -0.25) is 18.6 Å². The van der Waals surface area contributed by atoms with Gasteiger partial charge in [0.25, 0.3) is 0 Å². The fourth-order valence-corrected chi connectivity index (χ4v) is 3.92. The Morgan fingerprint density at radius 2 is 1.47 bits per heavy atom. The zero-order chi connectivity index (χ0) is 24.5. The molecule has 0 saturated heterocycles. The molecule has 32 heavy (non-hydrogen) atoms. The molecule has 13 nitrogen and oxygen atoms in total. The lowest BCUT2D eigenvalue weighted by molar-refractivity contribution is -0.220. The second-order valence-corrected chi connectivity index (χ2v) is 8.92. The Kier molecular flexibility index (Phi) is 12.2. The van der Waals surface area contributed by atoms with Crippen LogP contribution in [0.25, 0.3) is 0 Å². The molecule has 1 rings (SSSR count). The highest BCUT2D eigenvalue weighted by Crippen LogP contribution is 2.47. The van der Waals surface area contributed by atoms with Gasteiger partial charge in [-0.25, -0.2) is 4.57 Å². The number of carbonyl (C=O) groups excluding carboxylic acids is 2. The predicted molar refractivity (Wildman–Crippen MR) is 106 cm³/mol. The van der Waals surface area contributed by atoms with Gasteiger partial charge in [0, 0.05) is 13.3 Å². The molecule has 1 saturated carbocycles. The maximum atomic E-state index is 12.3. The average Bonchev–Trinajstić information content (AvgIpc) is 2.73. The van der Waals surface area contributed by atoms with Crippen molar-refractivity contribution in [2.24, 2.45) is 0 Å². The molecular weight excluding hydrogens is 455 g/mol. The molecule has 0 aromatic carbocycles. The average molecular weight is 488 g/mol. The summed E-state index contributed by atoms with van der Waals surface area (Å²) < 4.78 is 31.5. The third-order valence-corrected chi connectivity index (χ3v) is 5.74. The molecule has 188 valence electrons. The lowest BCUT2D eigenvalue weighted by atomic mass is 9.85. The van der Waals surface area contributed by atoms with Crippen molar-refractivity contribution < 1.29 is 63.1 Å². The van der Waals surface area contributed by atoms with Crippen LogP contribution in [0.5, 0.6) is 0 Å². The number of hydrogen-bond donors (Lipinski definition) is 6. The van der Waals surface area contributed by atoms with Crippen LogP contribution >= 0.6 is 7.82 Å². The maximum absolute atomic E-state index is 12.3. The third kappa shape index (κ3) is 9.38. The molecule has 1 aliphatic carbocycles. The van der Waals surface area contributed by atoms with Gasteiger partial charge in [0.1, 0.15) is 43.2 Å². The van der Waals surface area contributed by atoms with Gasteiger partial charge in [-0.2, -0.15) is 0 Å². The van der Waals surface area contributed by atoms with Crippen molar-refractivity contribution in [1.82, 2.24) is 0 Å². The highest BCUT2D eigenvalue weighted by atomic mass is 31.2. The van der Waals surface area contributed by atoms with Gasteiger partial charge >= 0.3 is 19.8 Å². The van der Waals surface area contributed by atoms with Crippen LogP contribution < -0.4 is 0 Å². The maximum Gasteiger partial charge on any atom is 0.472 e. The number of hydrogen-bond acceptors (Lipinski definition) is 12. The summed E-state index contributed by atoms with van der Waals surface area (Å²) in [5.74, 6) is -1.32. The normalized spacial score (nSPS) is 30.9. The Morgan fingerprint density at radius 1 is 0.906 bits per heavy atom. The molecule has 6 N–H and O–H groups in total. The van der Waals surface area contributed by atoms with Crippen LogP contribution in [-0.2, 0) is 32.7 Å². The van der Waals surface area contributed by atoms with E-state index < -0.39 is 75.7 Å². The predicted octanol–water partition coefficient (Wildman–Crippen LogP) is -1.25. The van der Waals surface area contributed by atoms with Gasteiger partial charge in [-0.05, 0) is 6.42 Å². The summed E-state index contributed by atoms with van der Waals surface area (Å²) in [7, 11) is -5.04. The van der Waals surface area contributed by atoms with Gasteiger partial charge in [-0.1, -0.05) is 26.2 Å². The zero-order valence-electron chi connectivity index (χ0n) is 18.0. The highest BCUT2D eigenvalue weighted by molar-refractivity contribution is 7.47. The number of carbonyl (C=O) groups is 2. The summed E-state index contributed by atoms with van der Waals surface area (Å²) in [5.41, 5.74) is 0. The topological polar surface area (TPSA) is 210 Å². The van der Waals surface area contributed by atoms with E-state index in [9.17, 15) is 44.6 Å². The second-order valence-electron chi connectivity index (χ2n) is 7.51. The monoisotopic (exact) mass is 488 g/mol. The van der Waals surface area contributed by atoms with Crippen LogP contribution in [0.3, 0.4) is 0 Å². The molecule has 0 aliphatic heterocycles. The Labute approximate surface area is 185 Å². The van der Waals surface area contributed by atoms with E-state index in [4.69, 9.17) is 14.0 Å². The van der Waals surface area contributed by atoms with Gasteiger partial charge < -0.3 is 39.9 Å². The van der Waals surface area contributed by atoms with Gasteiger partial charge in [0.2, 0.25) is 0 Å².